The fourth-order valence-corrected chi connectivity index (χ4v) is 2.46. The van der Waals surface area contributed by atoms with Crippen LogP contribution in [0.3, 0.4) is 0 Å². The molecule has 0 heterocycles. The fourth-order valence-electron chi connectivity index (χ4n) is 2.46. The molecule has 0 aromatic heterocycles. The Labute approximate surface area is 158 Å². The van der Waals surface area contributed by atoms with Gasteiger partial charge in [-0.25, -0.2) is 0 Å². The molecule has 6 heteroatoms. The molecule has 2 aromatic carbocycles. The third-order valence-corrected chi connectivity index (χ3v) is 3.96. The first-order chi connectivity index (χ1) is 13.0. The van der Waals surface area contributed by atoms with Crippen LogP contribution >= 0.6 is 0 Å². The number of benzene rings is 2. The van der Waals surface area contributed by atoms with E-state index in [4.69, 9.17) is 5.26 Å². The van der Waals surface area contributed by atoms with Gasteiger partial charge in [-0.15, -0.1) is 0 Å². The first-order valence-corrected chi connectivity index (χ1v) is 8.61. The smallest absolute Gasteiger partial charge is 0.238 e. The van der Waals surface area contributed by atoms with Crippen molar-refractivity contribution < 1.29 is 14.4 Å². The van der Waals surface area contributed by atoms with Gasteiger partial charge in [-0.2, -0.15) is 5.26 Å². The van der Waals surface area contributed by atoms with Crippen LogP contribution in [-0.2, 0) is 16.1 Å². The molecule has 138 valence electrons. The second kappa shape index (κ2) is 9.88. The topological polar surface area (TPSA) is 99.1 Å². The van der Waals surface area contributed by atoms with E-state index in [0.29, 0.717) is 11.3 Å². The van der Waals surface area contributed by atoms with Crippen LogP contribution in [-0.4, -0.2) is 17.6 Å². The van der Waals surface area contributed by atoms with Gasteiger partial charge >= 0.3 is 0 Å². The lowest BCUT2D eigenvalue weighted by atomic mass is 10.0. The standard InChI is InChI=1S/C21H21N3O3/c1-15-6-8-16(9-7-15)19(25)10-11-20(26)23-14-17-4-2-3-5-18(17)24-21(27)12-13-22/h2-9H,10-12,14H2,1H3,(H,23,26)(H,24,27). The number of ketones is 1. The van der Waals surface area contributed by atoms with Gasteiger partial charge in [0.25, 0.3) is 0 Å². The summed E-state index contributed by atoms with van der Waals surface area (Å²) in [5.74, 6) is -0.720. The molecular formula is C21H21N3O3. The van der Waals surface area contributed by atoms with E-state index in [1.54, 1.807) is 42.5 Å². The monoisotopic (exact) mass is 363 g/mol. The van der Waals surface area contributed by atoms with Crippen LogP contribution < -0.4 is 10.6 Å². The molecule has 2 rings (SSSR count). The zero-order valence-corrected chi connectivity index (χ0v) is 15.1. The van der Waals surface area contributed by atoms with Crippen molar-refractivity contribution in [2.24, 2.45) is 0 Å². The van der Waals surface area contributed by atoms with Crippen LogP contribution in [0.2, 0.25) is 0 Å². The molecule has 0 unspecified atom stereocenters. The fraction of sp³-hybridized carbons (Fsp3) is 0.238. The number of Topliss-reactive ketones (excluding diaryl/α,β-unsaturated/α-hetero) is 1. The molecule has 6 nitrogen and oxygen atoms in total. The van der Waals surface area contributed by atoms with E-state index in [1.807, 2.05) is 19.1 Å². The lowest BCUT2D eigenvalue weighted by Gasteiger charge is -2.11. The Kier molecular flexibility index (Phi) is 7.26. The zero-order valence-electron chi connectivity index (χ0n) is 15.1. The number of nitrogens with zero attached hydrogens (tertiary/aromatic N) is 1. The van der Waals surface area contributed by atoms with Crippen molar-refractivity contribution in [3.05, 3.63) is 65.2 Å². The summed E-state index contributed by atoms with van der Waals surface area (Å²) in [6.45, 7) is 2.17. The molecule has 0 bridgehead atoms. The lowest BCUT2D eigenvalue weighted by Crippen LogP contribution is -2.24. The molecule has 0 spiro atoms. The Balaban J connectivity index is 1.85. The number of hydrogen-bond donors (Lipinski definition) is 2. The van der Waals surface area contributed by atoms with Gasteiger partial charge in [0.1, 0.15) is 6.42 Å². The van der Waals surface area contributed by atoms with Crippen molar-refractivity contribution in [1.29, 1.82) is 5.26 Å². The second-order valence-corrected chi connectivity index (χ2v) is 6.11. The van der Waals surface area contributed by atoms with Crippen molar-refractivity contribution >= 4 is 23.3 Å². The summed E-state index contributed by atoms with van der Waals surface area (Å²) in [5.41, 5.74) is 2.94. The minimum absolute atomic E-state index is 0.0747. The molecule has 0 fully saturated rings. The summed E-state index contributed by atoms with van der Waals surface area (Å²) in [5, 5.41) is 14.0. The zero-order chi connectivity index (χ0) is 19.6. The normalized spacial score (nSPS) is 9.93. The first kappa shape index (κ1) is 19.9. The van der Waals surface area contributed by atoms with Crippen LogP contribution in [0.5, 0.6) is 0 Å². The maximum absolute atomic E-state index is 12.1. The van der Waals surface area contributed by atoms with Gasteiger partial charge in [0.2, 0.25) is 11.8 Å². The maximum atomic E-state index is 12.1. The highest BCUT2D eigenvalue weighted by atomic mass is 16.2. The van der Waals surface area contributed by atoms with E-state index >= 15 is 0 Å². The highest BCUT2D eigenvalue weighted by molar-refractivity contribution is 5.98. The molecule has 0 aliphatic rings. The summed E-state index contributed by atoms with van der Waals surface area (Å²) in [6.07, 6.45) is -0.00701. The third-order valence-electron chi connectivity index (χ3n) is 3.96. The second-order valence-electron chi connectivity index (χ2n) is 6.11. The number of carbonyl (C=O) groups excluding carboxylic acids is 3. The van der Waals surface area contributed by atoms with Crippen molar-refractivity contribution in [2.45, 2.75) is 32.7 Å². The highest BCUT2D eigenvalue weighted by Gasteiger charge is 2.11. The summed E-state index contributed by atoms with van der Waals surface area (Å²) in [6, 6.07) is 16.1. The molecule has 0 radical (unpaired) electrons. The Hall–Kier alpha value is -3.46. The van der Waals surface area contributed by atoms with Crippen LogP contribution in [0, 0.1) is 18.3 Å². The third kappa shape index (κ3) is 6.40. The van der Waals surface area contributed by atoms with E-state index < -0.39 is 5.91 Å². The average Bonchev–Trinajstić information content (AvgIpc) is 2.66. The van der Waals surface area contributed by atoms with E-state index in [-0.39, 0.29) is 37.5 Å². The van der Waals surface area contributed by atoms with Gasteiger partial charge in [0, 0.05) is 30.6 Å². The van der Waals surface area contributed by atoms with Gasteiger partial charge in [-0.3, -0.25) is 14.4 Å². The SMILES string of the molecule is Cc1ccc(C(=O)CCC(=O)NCc2ccccc2NC(=O)CC#N)cc1. The van der Waals surface area contributed by atoms with Crippen molar-refractivity contribution in [3.63, 3.8) is 0 Å². The van der Waals surface area contributed by atoms with E-state index in [2.05, 4.69) is 10.6 Å². The predicted octanol–water partition coefficient (Wildman–Crippen LogP) is 3.13. The molecule has 0 saturated carbocycles. The van der Waals surface area contributed by atoms with Crippen LogP contribution in [0.1, 0.15) is 40.7 Å². The largest absolute Gasteiger partial charge is 0.352 e. The molecule has 2 amide bonds. The van der Waals surface area contributed by atoms with Gasteiger partial charge in [-0.05, 0) is 18.6 Å². The molecular weight excluding hydrogens is 342 g/mol. The number of nitrogens with one attached hydrogen (secondary N) is 2. The van der Waals surface area contributed by atoms with E-state index in [0.717, 1.165) is 11.1 Å². The molecule has 0 aliphatic carbocycles. The van der Waals surface area contributed by atoms with Crippen LogP contribution in [0.15, 0.2) is 48.5 Å². The molecule has 2 aromatic rings. The Morgan fingerprint density at radius 3 is 2.37 bits per heavy atom. The van der Waals surface area contributed by atoms with Gasteiger partial charge in [0.05, 0.1) is 6.07 Å². The Bertz CT molecular complexity index is 867. The summed E-state index contributed by atoms with van der Waals surface area (Å²) in [7, 11) is 0. The van der Waals surface area contributed by atoms with Crippen molar-refractivity contribution in [3.8, 4) is 6.07 Å². The van der Waals surface area contributed by atoms with E-state index in [9.17, 15) is 14.4 Å². The van der Waals surface area contributed by atoms with Gasteiger partial charge < -0.3 is 10.6 Å². The summed E-state index contributed by atoms with van der Waals surface area (Å²) < 4.78 is 0. The van der Waals surface area contributed by atoms with Crippen molar-refractivity contribution in [1.82, 2.24) is 5.32 Å². The molecule has 27 heavy (non-hydrogen) atoms. The number of rotatable bonds is 8. The number of carbonyl (C=O) groups is 3. The van der Waals surface area contributed by atoms with Crippen molar-refractivity contribution in [2.75, 3.05) is 5.32 Å². The average molecular weight is 363 g/mol. The number of nitriles is 1. The lowest BCUT2D eigenvalue weighted by molar-refractivity contribution is -0.121. The number of hydrogen-bond acceptors (Lipinski definition) is 4. The summed E-state index contributed by atoms with van der Waals surface area (Å²) >= 11 is 0. The molecule has 0 aliphatic heterocycles. The molecule has 0 saturated heterocycles. The van der Waals surface area contributed by atoms with Crippen LogP contribution in [0.25, 0.3) is 0 Å². The maximum Gasteiger partial charge on any atom is 0.238 e. The van der Waals surface area contributed by atoms with E-state index in [1.165, 1.54) is 0 Å². The van der Waals surface area contributed by atoms with Gasteiger partial charge in [-0.1, -0.05) is 48.0 Å². The number of amides is 2. The molecule has 0 atom stereocenters. The quantitative estimate of drug-likeness (QED) is 0.704. The first-order valence-electron chi connectivity index (χ1n) is 8.61. The Morgan fingerprint density at radius 1 is 0.963 bits per heavy atom. The minimum atomic E-state index is -0.403. The Morgan fingerprint density at radius 2 is 1.67 bits per heavy atom. The van der Waals surface area contributed by atoms with Crippen LogP contribution in [0.4, 0.5) is 5.69 Å². The minimum Gasteiger partial charge on any atom is -0.352 e. The highest BCUT2D eigenvalue weighted by Crippen LogP contribution is 2.15. The summed E-state index contributed by atoms with van der Waals surface area (Å²) in [4.78, 5) is 35.7. The number of anilines is 1. The van der Waals surface area contributed by atoms with Gasteiger partial charge in [0.15, 0.2) is 5.78 Å². The number of para-hydroxylation sites is 1. The molecule has 2 N–H and O–H groups in total. The predicted molar refractivity (Wildman–Crippen MR) is 102 cm³/mol. The number of aryl methyl sites for hydroxylation is 1.